The molecule has 1 aromatic carbocycles. The summed E-state index contributed by atoms with van der Waals surface area (Å²) in [6.07, 6.45) is 3.78. The SMILES string of the molecule is O=C(CC1CCCO1)Nc1ccc(Cl)c(S(=O)(=O)N2CCCC2)c1. The Morgan fingerprint density at radius 1 is 1.29 bits per heavy atom. The lowest BCUT2D eigenvalue weighted by atomic mass is 10.2. The maximum Gasteiger partial charge on any atom is 0.244 e. The zero-order valence-corrected chi connectivity index (χ0v) is 14.9. The van der Waals surface area contributed by atoms with Crippen molar-refractivity contribution < 1.29 is 17.9 Å². The monoisotopic (exact) mass is 372 g/mol. The smallest absolute Gasteiger partial charge is 0.244 e. The highest BCUT2D eigenvalue weighted by atomic mass is 35.5. The Balaban J connectivity index is 1.74. The molecule has 3 rings (SSSR count). The number of anilines is 1. The molecule has 6 nitrogen and oxygen atoms in total. The molecule has 1 unspecified atom stereocenters. The zero-order valence-electron chi connectivity index (χ0n) is 13.3. The quantitative estimate of drug-likeness (QED) is 0.862. The average molecular weight is 373 g/mol. The molecular weight excluding hydrogens is 352 g/mol. The first-order valence-corrected chi connectivity index (χ1v) is 10.00. The Morgan fingerprint density at radius 2 is 2.04 bits per heavy atom. The van der Waals surface area contributed by atoms with Crippen LogP contribution in [-0.2, 0) is 19.6 Å². The second kappa shape index (κ2) is 7.39. The maximum atomic E-state index is 12.7. The summed E-state index contributed by atoms with van der Waals surface area (Å²) < 4.78 is 32.2. The van der Waals surface area contributed by atoms with Crippen molar-refractivity contribution in [1.29, 1.82) is 0 Å². The van der Waals surface area contributed by atoms with E-state index in [-0.39, 0.29) is 28.4 Å². The highest BCUT2D eigenvalue weighted by molar-refractivity contribution is 7.89. The fourth-order valence-electron chi connectivity index (χ4n) is 3.07. The van der Waals surface area contributed by atoms with Gasteiger partial charge in [-0.3, -0.25) is 4.79 Å². The van der Waals surface area contributed by atoms with Crippen LogP contribution < -0.4 is 5.32 Å². The van der Waals surface area contributed by atoms with Crippen LogP contribution in [0.3, 0.4) is 0 Å². The summed E-state index contributed by atoms with van der Waals surface area (Å²) in [5.41, 5.74) is 0.431. The molecule has 0 bridgehead atoms. The van der Waals surface area contributed by atoms with Gasteiger partial charge < -0.3 is 10.1 Å². The van der Waals surface area contributed by atoms with Crippen molar-refractivity contribution in [2.45, 2.75) is 43.1 Å². The number of sulfonamides is 1. The molecule has 2 aliphatic rings. The van der Waals surface area contributed by atoms with E-state index in [1.165, 1.54) is 16.4 Å². The van der Waals surface area contributed by atoms with E-state index in [0.29, 0.717) is 25.4 Å². The van der Waals surface area contributed by atoms with Gasteiger partial charge in [0, 0.05) is 25.4 Å². The number of nitrogens with one attached hydrogen (secondary N) is 1. The van der Waals surface area contributed by atoms with Gasteiger partial charge in [0.05, 0.1) is 17.5 Å². The molecule has 2 saturated heterocycles. The number of halogens is 1. The van der Waals surface area contributed by atoms with E-state index in [1.54, 1.807) is 6.07 Å². The number of benzene rings is 1. The van der Waals surface area contributed by atoms with Gasteiger partial charge in [-0.15, -0.1) is 0 Å². The fraction of sp³-hybridized carbons (Fsp3) is 0.562. The van der Waals surface area contributed by atoms with E-state index < -0.39 is 10.0 Å². The number of carbonyl (C=O) groups is 1. The van der Waals surface area contributed by atoms with Gasteiger partial charge in [0.15, 0.2) is 0 Å². The van der Waals surface area contributed by atoms with E-state index in [4.69, 9.17) is 16.3 Å². The Bertz CT molecular complexity index is 711. The molecule has 0 aromatic heterocycles. The zero-order chi connectivity index (χ0) is 17.2. The lowest BCUT2D eigenvalue weighted by Crippen LogP contribution is -2.28. The normalized spacial score (nSPS) is 22.0. The maximum absolute atomic E-state index is 12.7. The van der Waals surface area contributed by atoms with Crippen molar-refractivity contribution in [1.82, 2.24) is 4.31 Å². The number of rotatable bonds is 5. The van der Waals surface area contributed by atoms with Crippen LogP contribution in [0.2, 0.25) is 5.02 Å². The lowest BCUT2D eigenvalue weighted by molar-refractivity contribution is -0.118. The standard InChI is InChI=1S/C16H21ClN2O4S/c17-14-6-5-12(18-16(20)11-13-4-3-9-23-13)10-15(14)24(21,22)19-7-1-2-8-19/h5-6,10,13H,1-4,7-9,11H2,(H,18,20). The van der Waals surface area contributed by atoms with Crippen molar-refractivity contribution in [3.05, 3.63) is 23.2 Å². The highest BCUT2D eigenvalue weighted by Crippen LogP contribution is 2.29. The topological polar surface area (TPSA) is 75.7 Å². The molecule has 0 saturated carbocycles. The van der Waals surface area contributed by atoms with Crippen molar-refractivity contribution in [3.63, 3.8) is 0 Å². The highest BCUT2D eigenvalue weighted by Gasteiger charge is 2.29. The first-order valence-electron chi connectivity index (χ1n) is 8.18. The van der Waals surface area contributed by atoms with Gasteiger partial charge in [-0.05, 0) is 43.9 Å². The molecule has 1 N–H and O–H groups in total. The molecule has 2 heterocycles. The van der Waals surface area contributed by atoms with E-state index >= 15 is 0 Å². The second-order valence-electron chi connectivity index (χ2n) is 6.14. The van der Waals surface area contributed by atoms with Gasteiger partial charge in [-0.1, -0.05) is 11.6 Å². The lowest BCUT2D eigenvalue weighted by Gasteiger charge is -2.17. The molecule has 1 atom stereocenters. The molecule has 0 aliphatic carbocycles. The van der Waals surface area contributed by atoms with Crippen molar-refractivity contribution in [3.8, 4) is 0 Å². The molecule has 1 amide bonds. The molecule has 0 radical (unpaired) electrons. The van der Waals surface area contributed by atoms with Crippen molar-refractivity contribution in [2.24, 2.45) is 0 Å². The largest absolute Gasteiger partial charge is 0.378 e. The van der Waals surface area contributed by atoms with Crippen molar-refractivity contribution in [2.75, 3.05) is 25.0 Å². The minimum absolute atomic E-state index is 0.0426. The third-order valence-electron chi connectivity index (χ3n) is 4.33. The van der Waals surface area contributed by atoms with Crippen LogP contribution >= 0.6 is 11.6 Å². The number of hydrogen-bond donors (Lipinski definition) is 1. The fourth-order valence-corrected chi connectivity index (χ4v) is 5.09. The molecule has 2 aliphatic heterocycles. The number of ether oxygens (including phenoxy) is 1. The van der Waals surface area contributed by atoms with Crippen LogP contribution in [0.15, 0.2) is 23.1 Å². The molecule has 0 spiro atoms. The van der Waals surface area contributed by atoms with Crippen LogP contribution in [0.1, 0.15) is 32.1 Å². The summed E-state index contributed by atoms with van der Waals surface area (Å²) in [6, 6.07) is 4.55. The third-order valence-corrected chi connectivity index (χ3v) is 6.72. The Hall–Kier alpha value is -1.15. The summed E-state index contributed by atoms with van der Waals surface area (Å²) in [6.45, 7) is 1.71. The van der Waals surface area contributed by atoms with Gasteiger partial charge in [0.25, 0.3) is 0 Å². The Morgan fingerprint density at radius 3 is 2.71 bits per heavy atom. The number of hydrogen-bond acceptors (Lipinski definition) is 4. The first-order chi connectivity index (χ1) is 11.5. The molecule has 8 heteroatoms. The Labute approximate surface area is 147 Å². The van der Waals surface area contributed by atoms with Gasteiger partial charge in [0.1, 0.15) is 4.90 Å². The predicted octanol–water partition coefficient (Wildman–Crippen LogP) is 2.63. The second-order valence-corrected chi connectivity index (χ2v) is 8.46. The molecular formula is C16H21ClN2O4S. The van der Waals surface area contributed by atoms with Crippen LogP contribution in [0, 0.1) is 0 Å². The first kappa shape index (κ1) is 17.7. The molecule has 1 aromatic rings. The van der Waals surface area contributed by atoms with Gasteiger partial charge in [-0.25, -0.2) is 8.42 Å². The van der Waals surface area contributed by atoms with Gasteiger partial charge in [0.2, 0.25) is 15.9 Å². The van der Waals surface area contributed by atoms with E-state index in [2.05, 4.69) is 5.32 Å². The number of carbonyl (C=O) groups excluding carboxylic acids is 1. The molecule has 132 valence electrons. The summed E-state index contributed by atoms with van der Waals surface area (Å²) in [4.78, 5) is 12.1. The summed E-state index contributed by atoms with van der Waals surface area (Å²) in [5, 5.41) is 2.90. The van der Waals surface area contributed by atoms with Crippen LogP contribution in [-0.4, -0.2) is 44.4 Å². The average Bonchev–Trinajstić information content (AvgIpc) is 3.22. The molecule has 24 heavy (non-hydrogen) atoms. The number of amides is 1. The van der Waals surface area contributed by atoms with Crippen LogP contribution in [0.25, 0.3) is 0 Å². The minimum Gasteiger partial charge on any atom is -0.378 e. The third kappa shape index (κ3) is 3.91. The van der Waals surface area contributed by atoms with E-state index in [0.717, 1.165) is 25.7 Å². The Kier molecular flexibility index (Phi) is 5.44. The minimum atomic E-state index is -3.62. The van der Waals surface area contributed by atoms with Crippen LogP contribution in [0.5, 0.6) is 0 Å². The van der Waals surface area contributed by atoms with Crippen molar-refractivity contribution >= 4 is 33.2 Å². The van der Waals surface area contributed by atoms with E-state index in [9.17, 15) is 13.2 Å². The van der Waals surface area contributed by atoms with Crippen LogP contribution in [0.4, 0.5) is 5.69 Å². The molecule has 2 fully saturated rings. The summed E-state index contributed by atoms with van der Waals surface area (Å²) >= 11 is 6.09. The predicted molar refractivity (Wildman–Crippen MR) is 91.7 cm³/mol. The number of nitrogens with zero attached hydrogens (tertiary/aromatic N) is 1. The summed E-state index contributed by atoms with van der Waals surface area (Å²) in [7, 11) is -3.62. The summed E-state index contributed by atoms with van der Waals surface area (Å²) in [5.74, 6) is -0.186. The van der Waals surface area contributed by atoms with Gasteiger partial charge in [-0.2, -0.15) is 4.31 Å². The van der Waals surface area contributed by atoms with E-state index in [1.807, 2.05) is 0 Å². The van der Waals surface area contributed by atoms with Gasteiger partial charge >= 0.3 is 0 Å².